The predicted molar refractivity (Wildman–Crippen MR) is 134 cm³/mol. The van der Waals surface area contributed by atoms with Gasteiger partial charge in [0.15, 0.2) is 5.69 Å². The van der Waals surface area contributed by atoms with Gasteiger partial charge in [0, 0.05) is 30.7 Å². The molecule has 0 radical (unpaired) electrons. The molecule has 3 fully saturated rings. The highest BCUT2D eigenvalue weighted by Gasteiger charge is 2.44. The number of nitrogens with zero attached hydrogens (tertiary/aromatic N) is 3. The van der Waals surface area contributed by atoms with Gasteiger partial charge in [0.05, 0.1) is 23.7 Å². The van der Waals surface area contributed by atoms with Crippen molar-refractivity contribution in [2.75, 3.05) is 13.2 Å². The second-order valence-corrected chi connectivity index (χ2v) is 10.6. The van der Waals surface area contributed by atoms with Crippen molar-refractivity contribution in [3.05, 3.63) is 40.3 Å². The minimum atomic E-state index is -1.07. The fraction of sp³-hybridized carbons (Fsp3) is 0.667. The number of hydrogen-bond acceptors (Lipinski definition) is 6. The highest BCUT2D eigenvalue weighted by Crippen LogP contribution is 2.44. The van der Waals surface area contributed by atoms with E-state index in [0.29, 0.717) is 23.6 Å². The Morgan fingerprint density at radius 3 is 2.31 bits per heavy atom. The van der Waals surface area contributed by atoms with Crippen molar-refractivity contribution in [2.45, 2.75) is 101 Å². The molecule has 2 saturated heterocycles. The van der Waals surface area contributed by atoms with Crippen LogP contribution in [0.3, 0.4) is 0 Å². The Labute approximate surface area is 206 Å². The topological polar surface area (TPSA) is 108 Å². The smallest absolute Gasteiger partial charge is 0.282 e. The van der Waals surface area contributed by atoms with Crippen LogP contribution in [0.25, 0.3) is 11.0 Å². The lowest BCUT2D eigenvalue weighted by atomic mass is 9.89. The van der Waals surface area contributed by atoms with Crippen LogP contribution < -0.4 is 10.9 Å². The first-order valence-corrected chi connectivity index (χ1v) is 13.4. The maximum atomic E-state index is 13.7. The molecule has 2 bridgehead atoms. The highest BCUT2D eigenvalue weighted by atomic mass is 16.3. The second kappa shape index (κ2) is 10.8. The summed E-state index contributed by atoms with van der Waals surface area (Å²) in [6.45, 7) is -0.592. The minimum absolute atomic E-state index is 0.0345. The van der Waals surface area contributed by atoms with Crippen molar-refractivity contribution in [2.24, 2.45) is 0 Å². The van der Waals surface area contributed by atoms with E-state index in [-0.39, 0.29) is 23.8 Å². The van der Waals surface area contributed by atoms with Crippen LogP contribution in [0.4, 0.5) is 0 Å². The van der Waals surface area contributed by atoms with Gasteiger partial charge in [0.1, 0.15) is 0 Å². The number of hydrogen-bond donors (Lipinski definition) is 3. The fourth-order valence-corrected chi connectivity index (χ4v) is 6.75. The third-order valence-corrected chi connectivity index (χ3v) is 8.35. The summed E-state index contributed by atoms with van der Waals surface area (Å²) in [5.41, 5.74) is 0.870. The molecule has 1 aromatic carbocycles. The molecule has 5 rings (SSSR count). The molecule has 35 heavy (non-hydrogen) atoms. The van der Waals surface area contributed by atoms with Gasteiger partial charge in [-0.2, -0.15) is 0 Å². The molecule has 0 spiro atoms. The average Bonchev–Trinajstić information content (AvgIpc) is 3.10. The summed E-state index contributed by atoms with van der Waals surface area (Å²) < 4.78 is 1.82. The lowest BCUT2D eigenvalue weighted by molar-refractivity contribution is 0.0496. The zero-order chi connectivity index (χ0) is 24.4. The highest BCUT2D eigenvalue weighted by molar-refractivity contribution is 5.93. The second-order valence-electron chi connectivity index (χ2n) is 10.6. The van der Waals surface area contributed by atoms with E-state index in [4.69, 9.17) is 5.11 Å². The van der Waals surface area contributed by atoms with Crippen LogP contribution in [-0.4, -0.2) is 68.0 Å². The molecule has 1 amide bonds. The molecule has 4 atom stereocenters. The van der Waals surface area contributed by atoms with E-state index in [9.17, 15) is 14.7 Å². The van der Waals surface area contributed by atoms with Crippen molar-refractivity contribution in [1.82, 2.24) is 19.8 Å². The molecule has 2 aliphatic heterocycles. The number of amides is 1. The first kappa shape index (κ1) is 24.4. The SMILES string of the molecule is O=C(NCC(O)CO)c1nc2ccccc2n(C2C[C@H]3CC[C@@H](C2)N3C2CCCCCCC2)c1=O. The van der Waals surface area contributed by atoms with Crippen LogP contribution in [0.2, 0.25) is 0 Å². The van der Waals surface area contributed by atoms with Crippen LogP contribution in [0, 0.1) is 0 Å². The normalized spacial score (nSPS) is 26.9. The Morgan fingerprint density at radius 2 is 1.63 bits per heavy atom. The summed E-state index contributed by atoms with van der Waals surface area (Å²) >= 11 is 0. The molecular formula is C27H38N4O4. The van der Waals surface area contributed by atoms with Gasteiger partial charge in [-0.1, -0.05) is 44.2 Å². The Bertz CT molecular complexity index is 1080. The summed E-state index contributed by atoms with van der Waals surface area (Å²) in [7, 11) is 0. The Balaban J connectivity index is 1.43. The van der Waals surface area contributed by atoms with E-state index in [1.165, 1.54) is 57.8 Å². The van der Waals surface area contributed by atoms with Gasteiger partial charge in [0.25, 0.3) is 11.5 Å². The largest absolute Gasteiger partial charge is 0.394 e. The maximum Gasteiger partial charge on any atom is 0.282 e. The molecule has 3 aliphatic rings. The van der Waals surface area contributed by atoms with E-state index in [1.807, 2.05) is 28.8 Å². The number of rotatable bonds is 6. The standard InChI is InChI=1S/C27H38N4O4/c32-17-22(33)16-28-26(34)25-27(35)31(24-11-7-6-10-23(24)29-25)21-14-19-12-13-20(15-21)30(19)18-8-4-2-1-3-5-9-18/h6-7,10-11,18-22,32-33H,1-5,8-9,12-17H2,(H,28,34)/t19-,20+,21?,22?. The molecule has 3 N–H and O–H groups in total. The van der Waals surface area contributed by atoms with E-state index < -0.39 is 18.6 Å². The fourth-order valence-electron chi connectivity index (χ4n) is 6.75. The van der Waals surface area contributed by atoms with E-state index in [2.05, 4.69) is 15.2 Å². The van der Waals surface area contributed by atoms with Gasteiger partial charge in [-0.25, -0.2) is 4.98 Å². The van der Waals surface area contributed by atoms with Gasteiger partial charge in [0.2, 0.25) is 0 Å². The maximum absolute atomic E-state index is 13.7. The van der Waals surface area contributed by atoms with Crippen molar-refractivity contribution < 1.29 is 15.0 Å². The third kappa shape index (κ3) is 5.01. The number of piperidine rings is 1. The number of para-hydroxylation sites is 2. The number of benzene rings is 1. The monoisotopic (exact) mass is 482 g/mol. The summed E-state index contributed by atoms with van der Waals surface area (Å²) in [6.07, 6.45) is 12.4. The van der Waals surface area contributed by atoms with E-state index >= 15 is 0 Å². The zero-order valence-corrected chi connectivity index (χ0v) is 20.4. The number of nitrogens with one attached hydrogen (secondary N) is 1. The third-order valence-electron chi connectivity index (χ3n) is 8.35. The number of aliphatic hydroxyl groups is 2. The van der Waals surface area contributed by atoms with E-state index in [0.717, 1.165) is 18.4 Å². The van der Waals surface area contributed by atoms with Crippen molar-refractivity contribution >= 4 is 16.9 Å². The van der Waals surface area contributed by atoms with Crippen LogP contribution in [0.15, 0.2) is 29.1 Å². The number of aliphatic hydroxyl groups excluding tert-OH is 2. The van der Waals surface area contributed by atoms with Crippen molar-refractivity contribution in [1.29, 1.82) is 0 Å². The Kier molecular flexibility index (Phi) is 7.51. The lowest BCUT2D eigenvalue weighted by Gasteiger charge is -2.45. The van der Waals surface area contributed by atoms with Crippen molar-refractivity contribution in [3.63, 3.8) is 0 Å². The molecular weight excluding hydrogens is 444 g/mol. The first-order chi connectivity index (χ1) is 17.1. The van der Waals surface area contributed by atoms with Crippen LogP contribution >= 0.6 is 0 Å². The molecule has 1 aromatic heterocycles. The molecule has 8 nitrogen and oxygen atoms in total. The van der Waals surface area contributed by atoms with Crippen molar-refractivity contribution in [3.8, 4) is 0 Å². The zero-order valence-electron chi connectivity index (χ0n) is 20.4. The van der Waals surface area contributed by atoms with Crippen LogP contribution in [0.1, 0.15) is 87.2 Å². The number of aromatic nitrogens is 2. The summed E-state index contributed by atoms with van der Waals surface area (Å²) in [5, 5.41) is 21.2. The number of carbonyl (C=O) groups excluding carboxylic acids is 1. The van der Waals surface area contributed by atoms with Gasteiger partial charge in [-0.3, -0.25) is 14.5 Å². The van der Waals surface area contributed by atoms with Crippen LogP contribution in [0.5, 0.6) is 0 Å². The summed E-state index contributed by atoms with van der Waals surface area (Å²) in [6, 6.07) is 9.20. The molecule has 3 heterocycles. The van der Waals surface area contributed by atoms with Gasteiger partial charge < -0.3 is 20.1 Å². The molecule has 190 valence electrons. The van der Waals surface area contributed by atoms with Gasteiger partial charge in [-0.05, 0) is 50.7 Å². The van der Waals surface area contributed by atoms with Gasteiger partial charge >= 0.3 is 0 Å². The Morgan fingerprint density at radius 1 is 0.971 bits per heavy atom. The van der Waals surface area contributed by atoms with E-state index in [1.54, 1.807) is 0 Å². The molecule has 2 unspecified atom stereocenters. The molecule has 1 aliphatic carbocycles. The minimum Gasteiger partial charge on any atom is -0.394 e. The Hall–Kier alpha value is -2.29. The van der Waals surface area contributed by atoms with Crippen LogP contribution in [-0.2, 0) is 0 Å². The predicted octanol–water partition coefficient (Wildman–Crippen LogP) is 2.76. The molecule has 8 heteroatoms. The molecule has 1 saturated carbocycles. The van der Waals surface area contributed by atoms with Gasteiger partial charge in [-0.15, -0.1) is 0 Å². The quantitative estimate of drug-likeness (QED) is 0.584. The summed E-state index contributed by atoms with van der Waals surface area (Å²) in [4.78, 5) is 33.7. The number of carbonyl (C=O) groups is 1. The summed E-state index contributed by atoms with van der Waals surface area (Å²) in [5.74, 6) is -0.614. The molecule has 2 aromatic rings. The number of fused-ring (bicyclic) bond motifs is 3. The first-order valence-electron chi connectivity index (χ1n) is 13.4. The lowest BCUT2D eigenvalue weighted by Crippen LogP contribution is -2.50. The average molecular weight is 483 g/mol.